The molecule has 4 rings (SSSR count). The molecule has 0 radical (unpaired) electrons. The first-order chi connectivity index (χ1) is 15.5. The zero-order chi connectivity index (χ0) is 22.5. The Morgan fingerprint density at radius 2 is 1.79 bits per heavy atom. The number of aliphatic imine (C=N–C) groups is 1. The van der Waals surface area contributed by atoms with E-state index in [1.165, 1.54) is 5.56 Å². The summed E-state index contributed by atoms with van der Waals surface area (Å²) in [5.74, 6) is 0. The number of benzodiazepines with no additional fused rings is 1. The van der Waals surface area contributed by atoms with E-state index in [0.29, 0.717) is 13.1 Å². The Morgan fingerprint density at radius 1 is 1.06 bits per heavy atom. The number of hydrogen-bond acceptors (Lipinski definition) is 5. The van der Waals surface area contributed by atoms with Crippen LogP contribution in [0.2, 0.25) is 0 Å². The summed E-state index contributed by atoms with van der Waals surface area (Å²) in [6.45, 7) is 2.24. The van der Waals surface area contributed by atoms with Gasteiger partial charge in [-0.2, -0.15) is 0 Å². The first-order valence-electron chi connectivity index (χ1n) is 10.6. The molecule has 0 bridgehead atoms. The van der Waals surface area contributed by atoms with E-state index in [1.807, 2.05) is 55.6 Å². The molecule has 0 atom stereocenters. The number of nitro benzene ring substituents is 1. The van der Waals surface area contributed by atoms with Gasteiger partial charge in [-0.1, -0.05) is 54.6 Å². The Morgan fingerprint density at radius 3 is 2.55 bits per heavy atom. The molecule has 3 aromatic rings. The number of non-ortho nitro benzene ring substituents is 1. The van der Waals surface area contributed by atoms with Gasteiger partial charge in [0, 0.05) is 61.8 Å². The molecule has 0 aromatic heterocycles. The predicted octanol–water partition coefficient (Wildman–Crippen LogP) is 5.61. The van der Waals surface area contributed by atoms with Crippen molar-refractivity contribution in [2.45, 2.75) is 6.54 Å². The van der Waals surface area contributed by atoms with Crippen molar-refractivity contribution >= 4 is 41.3 Å². The van der Waals surface area contributed by atoms with Crippen LogP contribution in [-0.4, -0.2) is 37.8 Å². The lowest BCUT2D eigenvalue weighted by Gasteiger charge is -2.21. The normalized spacial score (nSPS) is 13.0. The first-order valence-corrected chi connectivity index (χ1v) is 10.6. The molecule has 0 saturated heterocycles. The molecule has 0 amide bonds. The van der Waals surface area contributed by atoms with E-state index in [-0.39, 0.29) is 23.0 Å². The average molecular weight is 463 g/mol. The number of likely N-dealkylation sites (N-methyl/N-ethyl adjacent to an activating group) is 1. The fraction of sp³-hybridized carbons (Fsp3) is 0.192. The molecule has 0 N–H and O–H groups in total. The molecular weight excluding hydrogens is 436 g/mol. The number of nitro groups is 1. The Bertz CT molecular complexity index is 1180. The van der Waals surface area contributed by atoms with Crippen LogP contribution in [0.25, 0.3) is 6.08 Å². The summed E-state index contributed by atoms with van der Waals surface area (Å²) < 4.78 is 0. The van der Waals surface area contributed by atoms with Crippen molar-refractivity contribution in [1.82, 2.24) is 0 Å². The summed E-state index contributed by atoms with van der Waals surface area (Å²) in [5.41, 5.74) is 6.04. The third-order valence-electron chi connectivity index (χ3n) is 5.63. The molecule has 0 aliphatic carbocycles. The molecule has 0 fully saturated rings. The molecule has 6 nitrogen and oxygen atoms in total. The van der Waals surface area contributed by atoms with Gasteiger partial charge in [-0.25, -0.2) is 0 Å². The second kappa shape index (κ2) is 10.8. The van der Waals surface area contributed by atoms with Gasteiger partial charge in [-0.15, -0.1) is 12.4 Å². The maximum Gasteiger partial charge on any atom is 0.270 e. The molecule has 170 valence electrons. The first kappa shape index (κ1) is 24.0. The van der Waals surface area contributed by atoms with Crippen molar-refractivity contribution in [3.63, 3.8) is 0 Å². The van der Waals surface area contributed by atoms with Gasteiger partial charge in [-0.05, 0) is 23.8 Å². The van der Waals surface area contributed by atoms with E-state index >= 15 is 0 Å². The van der Waals surface area contributed by atoms with Crippen molar-refractivity contribution in [3.8, 4) is 0 Å². The Hall–Kier alpha value is -3.64. The lowest BCUT2D eigenvalue weighted by molar-refractivity contribution is -0.384. The van der Waals surface area contributed by atoms with Crippen molar-refractivity contribution in [2.24, 2.45) is 4.99 Å². The van der Waals surface area contributed by atoms with Gasteiger partial charge in [0.25, 0.3) is 5.69 Å². The number of fused-ring (bicyclic) bond motifs is 1. The lowest BCUT2D eigenvalue weighted by Crippen LogP contribution is -2.20. The summed E-state index contributed by atoms with van der Waals surface area (Å²) in [4.78, 5) is 20.1. The van der Waals surface area contributed by atoms with Gasteiger partial charge in [0.15, 0.2) is 0 Å². The van der Waals surface area contributed by atoms with Crippen molar-refractivity contribution in [1.29, 1.82) is 0 Å². The minimum Gasteiger partial charge on any atom is -0.372 e. The third kappa shape index (κ3) is 5.59. The fourth-order valence-corrected chi connectivity index (χ4v) is 3.94. The maximum atomic E-state index is 11.4. The number of para-hydroxylation sites is 1. The van der Waals surface area contributed by atoms with E-state index in [2.05, 4.69) is 41.1 Å². The van der Waals surface area contributed by atoms with Crippen LogP contribution in [0.3, 0.4) is 0 Å². The minimum atomic E-state index is -0.355. The largest absolute Gasteiger partial charge is 0.372 e. The van der Waals surface area contributed by atoms with Gasteiger partial charge >= 0.3 is 0 Å². The summed E-state index contributed by atoms with van der Waals surface area (Å²) in [7, 11) is 4.07. The monoisotopic (exact) mass is 462 g/mol. The van der Waals surface area contributed by atoms with Gasteiger partial charge in [0.05, 0.1) is 17.2 Å². The smallest absolute Gasteiger partial charge is 0.270 e. The van der Waals surface area contributed by atoms with Gasteiger partial charge in [-0.3, -0.25) is 15.1 Å². The van der Waals surface area contributed by atoms with Gasteiger partial charge in [0.1, 0.15) is 0 Å². The number of anilines is 2. The van der Waals surface area contributed by atoms with Crippen LogP contribution >= 0.6 is 12.4 Å². The topological polar surface area (TPSA) is 62.0 Å². The van der Waals surface area contributed by atoms with Crippen LogP contribution in [0.5, 0.6) is 0 Å². The number of nitrogens with zero attached hydrogens (tertiary/aromatic N) is 4. The molecule has 0 spiro atoms. The molecule has 3 aromatic carbocycles. The van der Waals surface area contributed by atoms with Gasteiger partial charge in [0.2, 0.25) is 0 Å². The van der Waals surface area contributed by atoms with Crippen LogP contribution in [0.1, 0.15) is 16.7 Å². The zero-order valence-electron chi connectivity index (χ0n) is 18.7. The predicted molar refractivity (Wildman–Crippen MR) is 139 cm³/mol. The molecule has 0 unspecified atom stereocenters. The average Bonchev–Trinajstić information content (AvgIpc) is 2.97. The highest BCUT2D eigenvalue weighted by atomic mass is 35.5. The Kier molecular flexibility index (Phi) is 7.85. The molecule has 33 heavy (non-hydrogen) atoms. The number of allylic oxidation sites excluding steroid dienone is 1. The summed E-state index contributed by atoms with van der Waals surface area (Å²) >= 11 is 0. The molecule has 1 heterocycles. The van der Waals surface area contributed by atoms with Crippen molar-refractivity contribution in [3.05, 3.63) is 106 Å². The molecule has 7 heteroatoms. The van der Waals surface area contributed by atoms with Crippen LogP contribution in [0.4, 0.5) is 17.1 Å². The highest BCUT2D eigenvalue weighted by Crippen LogP contribution is 2.28. The van der Waals surface area contributed by atoms with Crippen molar-refractivity contribution < 1.29 is 4.92 Å². The highest BCUT2D eigenvalue weighted by Gasteiger charge is 2.16. The number of hydrogen-bond donors (Lipinski definition) is 0. The summed E-state index contributed by atoms with van der Waals surface area (Å²) in [5, 5.41) is 11.4. The Labute approximate surface area is 200 Å². The molecule has 1 aliphatic heterocycles. The highest BCUT2D eigenvalue weighted by molar-refractivity contribution is 6.14. The van der Waals surface area contributed by atoms with Crippen LogP contribution in [-0.2, 0) is 6.54 Å². The quantitative estimate of drug-likeness (QED) is 0.353. The molecule has 1 aliphatic rings. The molecular formula is C26H27ClN4O2. The fourth-order valence-electron chi connectivity index (χ4n) is 3.94. The van der Waals surface area contributed by atoms with Crippen LogP contribution in [0.15, 0.2) is 83.9 Å². The van der Waals surface area contributed by atoms with E-state index in [1.54, 1.807) is 12.1 Å². The second-order valence-corrected chi connectivity index (χ2v) is 7.88. The van der Waals surface area contributed by atoms with E-state index < -0.39 is 0 Å². The number of halogens is 1. The SMILES string of the molecule is CN(Cc1ccccc1)c1ccc([N+](=O)[O-])cc1/C=C/C1=NCCN(C)c2ccccc21.Cl. The molecule has 0 saturated carbocycles. The minimum absolute atomic E-state index is 0. The maximum absolute atomic E-state index is 11.4. The van der Waals surface area contributed by atoms with E-state index in [0.717, 1.165) is 34.8 Å². The number of rotatable bonds is 6. The summed E-state index contributed by atoms with van der Waals surface area (Å²) in [6, 6.07) is 23.4. The Balaban J connectivity index is 0.00000306. The van der Waals surface area contributed by atoms with Crippen molar-refractivity contribution in [2.75, 3.05) is 37.0 Å². The van der Waals surface area contributed by atoms with E-state index in [4.69, 9.17) is 4.99 Å². The van der Waals surface area contributed by atoms with Crippen LogP contribution in [0, 0.1) is 10.1 Å². The zero-order valence-corrected chi connectivity index (χ0v) is 19.5. The summed E-state index contributed by atoms with van der Waals surface area (Å²) in [6.07, 6.45) is 3.90. The lowest BCUT2D eigenvalue weighted by atomic mass is 10.0. The second-order valence-electron chi connectivity index (χ2n) is 7.88. The van der Waals surface area contributed by atoms with Gasteiger partial charge < -0.3 is 9.80 Å². The standard InChI is InChI=1S/C26H26N4O2.ClH/c1-28-17-16-27-24(23-10-6-7-11-26(23)28)14-12-21-18-22(30(31)32)13-15-25(21)29(2)19-20-8-4-3-5-9-20;/h3-15,18H,16-17,19H2,1-2H3;1H/b14-12+;. The third-order valence-corrected chi connectivity index (χ3v) is 5.63. The number of benzene rings is 3. The van der Waals surface area contributed by atoms with E-state index in [9.17, 15) is 10.1 Å². The van der Waals surface area contributed by atoms with Crippen LogP contribution < -0.4 is 9.80 Å².